The van der Waals surface area contributed by atoms with Crippen LogP contribution in [0.2, 0.25) is 10.0 Å². The molecule has 1 aliphatic rings. The van der Waals surface area contributed by atoms with Crippen LogP contribution in [-0.2, 0) is 4.79 Å². The maximum absolute atomic E-state index is 12.1. The van der Waals surface area contributed by atoms with Gasteiger partial charge in [-0.15, -0.1) is 0 Å². The number of nitrogens with zero attached hydrogens (tertiary/aromatic N) is 1. The number of anilines is 1. The molecule has 1 aliphatic carbocycles. The highest BCUT2D eigenvalue weighted by Gasteiger charge is 2.29. The molecule has 5 nitrogen and oxygen atoms in total. The number of carbonyl (C=O) groups is 2. The van der Waals surface area contributed by atoms with Crippen molar-refractivity contribution in [1.29, 1.82) is 0 Å². The Labute approximate surface area is 161 Å². The molecule has 0 atom stereocenters. The second-order valence-corrected chi connectivity index (χ2v) is 6.92. The molecule has 26 heavy (non-hydrogen) atoms. The van der Waals surface area contributed by atoms with Crippen LogP contribution in [0.3, 0.4) is 0 Å². The van der Waals surface area contributed by atoms with Crippen molar-refractivity contribution in [2.45, 2.75) is 19.8 Å². The maximum atomic E-state index is 12.1. The van der Waals surface area contributed by atoms with Crippen molar-refractivity contribution in [1.82, 2.24) is 5.43 Å². The Balaban J connectivity index is 1.62. The molecule has 0 bridgehead atoms. The van der Waals surface area contributed by atoms with Crippen LogP contribution in [0.5, 0.6) is 0 Å². The highest BCUT2D eigenvalue weighted by Crippen LogP contribution is 2.30. The summed E-state index contributed by atoms with van der Waals surface area (Å²) in [5.41, 5.74) is 5.08. The molecular formula is C19H17Cl2N3O2. The fraction of sp³-hybridized carbons (Fsp3) is 0.211. The second kappa shape index (κ2) is 7.89. The number of hydrazone groups is 1. The first-order chi connectivity index (χ1) is 12.4. The lowest BCUT2D eigenvalue weighted by Crippen LogP contribution is -2.19. The van der Waals surface area contributed by atoms with Crippen molar-refractivity contribution in [2.24, 2.45) is 11.0 Å². The summed E-state index contributed by atoms with van der Waals surface area (Å²) >= 11 is 11.8. The molecule has 1 saturated carbocycles. The first-order valence-electron chi connectivity index (χ1n) is 8.15. The van der Waals surface area contributed by atoms with Crippen LogP contribution >= 0.6 is 23.2 Å². The summed E-state index contributed by atoms with van der Waals surface area (Å²) in [4.78, 5) is 23.9. The third kappa shape index (κ3) is 4.62. The Bertz CT molecular complexity index is 875. The minimum atomic E-state index is -0.378. The van der Waals surface area contributed by atoms with Gasteiger partial charge < -0.3 is 5.32 Å². The molecule has 2 aromatic rings. The van der Waals surface area contributed by atoms with Gasteiger partial charge in [0.2, 0.25) is 5.91 Å². The molecule has 0 saturated heterocycles. The standard InChI is InChI=1S/C19H17Cl2N3O2/c1-11(23-24-19(26)14-6-9-16(20)17(21)10-14)12-4-7-15(8-5-12)22-18(25)13-2-3-13/h4-10,13H,2-3H2,1H3,(H,22,25)(H,24,26). The van der Waals surface area contributed by atoms with E-state index in [-0.39, 0.29) is 17.7 Å². The van der Waals surface area contributed by atoms with Crippen LogP contribution in [0, 0.1) is 5.92 Å². The van der Waals surface area contributed by atoms with Gasteiger partial charge in [0.15, 0.2) is 0 Å². The molecule has 0 aliphatic heterocycles. The van der Waals surface area contributed by atoms with E-state index < -0.39 is 0 Å². The summed E-state index contributed by atoms with van der Waals surface area (Å²) in [5.74, 6) is -0.150. The first-order valence-corrected chi connectivity index (χ1v) is 8.90. The van der Waals surface area contributed by atoms with Crippen molar-refractivity contribution < 1.29 is 9.59 Å². The minimum absolute atomic E-state index is 0.0667. The number of halogens is 2. The Morgan fingerprint density at radius 3 is 2.27 bits per heavy atom. The van der Waals surface area contributed by atoms with Gasteiger partial charge in [0.1, 0.15) is 0 Å². The normalized spacial score (nSPS) is 14.0. The lowest BCUT2D eigenvalue weighted by molar-refractivity contribution is -0.117. The van der Waals surface area contributed by atoms with Crippen molar-refractivity contribution in [3.63, 3.8) is 0 Å². The van der Waals surface area contributed by atoms with E-state index in [4.69, 9.17) is 23.2 Å². The molecule has 0 unspecified atom stereocenters. The molecular weight excluding hydrogens is 373 g/mol. The predicted molar refractivity (Wildman–Crippen MR) is 104 cm³/mol. The van der Waals surface area contributed by atoms with Gasteiger partial charge in [-0.2, -0.15) is 5.10 Å². The lowest BCUT2D eigenvalue weighted by atomic mass is 10.1. The fourth-order valence-corrected chi connectivity index (χ4v) is 2.58. The predicted octanol–water partition coefficient (Wildman–Crippen LogP) is 4.50. The molecule has 7 heteroatoms. The van der Waals surface area contributed by atoms with Gasteiger partial charge in [-0.3, -0.25) is 9.59 Å². The fourth-order valence-electron chi connectivity index (χ4n) is 2.29. The second-order valence-electron chi connectivity index (χ2n) is 6.11. The summed E-state index contributed by atoms with van der Waals surface area (Å²) in [5, 5.41) is 7.68. The zero-order chi connectivity index (χ0) is 18.7. The molecule has 0 radical (unpaired) electrons. The molecule has 1 fully saturated rings. The van der Waals surface area contributed by atoms with Crippen LogP contribution in [0.1, 0.15) is 35.7 Å². The summed E-state index contributed by atoms with van der Waals surface area (Å²) in [6.45, 7) is 1.78. The molecule has 2 amide bonds. The van der Waals surface area contributed by atoms with Crippen molar-refractivity contribution in [2.75, 3.05) is 5.32 Å². The molecule has 0 spiro atoms. The molecule has 3 rings (SSSR count). The van der Waals surface area contributed by atoms with E-state index in [1.54, 1.807) is 19.1 Å². The van der Waals surface area contributed by atoms with E-state index in [0.29, 0.717) is 21.3 Å². The van der Waals surface area contributed by atoms with Crippen molar-refractivity contribution in [3.05, 3.63) is 63.6 Å². The van der Waals surface area contributed by atoms with Gasteiger partial charge >= 0.3 is 0 Å². The summed E-state index contributed by atoms with van der Waals surface area (Å²) in [6, 6.07) is 11.9. The third-order valence-corrected chi connectivity index (χ3v) is 4.76. The van der Waals surface area contributed by atoms with Gasteiger partial charge in [-0.25, -0.2) is 5.43 Å². The Kier molecular flexibility index (Phi) is 5.59. The Hall–Kier alpha value is -2.37. The van der Waals surface area contributed by atoms with E-state index in [0.717, 1.165) is 24.1 Å². The monoisotopic (exact) mass is 389 g/mol. The van der Waals surface area contributed by atoms with Gasteiger partial charge in [0, 0.05) is 17.2 Å². The first kappa shape index (κ1) is 18.4. The Morgan fingerprint density at radius 1 is 1.00 bits per heavy atom. The Morgan fingerprint density at radius 2 is 1.65 bits per heavy atom. The van der Waals surface area contributed by atoms with Crippen LogP contribution < -0.4 is 10.7 Å². The molecule has 134 valence electrons. The summed E-state index contributed by atoms with van der Waals surface area (Å²) < 4.78 is 0. The van der Waals surface area contributed by atoms with E-state index in [1.165, 1.54) is 6.07 Å². The maximum Gasteiger partial charge on any atom is 0.271 e. The van der Waals surface area contributed by atoms with Crippen LogP contribution in [-0.4, -0.2) is 17.5 Å². The third-order valence-electron chi connectivity index (χ3n) is 4.03. The summed E-state index contributed by atoms with van der Waals surface area (Å²) in [7, 11) is 0. The van der Waals surface area contributed by atoms with E-state index in [9.17, 15) is 9.59 Å². The van der Waals surface area contributed by atoms with Crippen LogP contribution in [0.25, 0.3) is 0 Å². The lowest BCUT2D eigenvalue weighted by Gasteiger charge is -2.07. The topological polar surface area (TPSA) is 70.6 Å². The number of hydrogen-bond acceptors (Lipinski definition) is 3. The highest BCUT2D eigenvalue weighted by atomic mass is 35.5. The SMILES string of the molecule is CC(=NNC(=O)c1ccc(Cl)c(Cl)c1)c1ccc(NC(=O)C2CC2)cc1. The van der Waals surface area contributed by atoms with Crippen LogP contribution in [0.15, 0.2) is 47.6 Å². The number of hydrogen-bond donors (Lipinski definition) is 2. The minimum Gasteiger partial charge on any atom is -0.326 e. The quantitative estimate of drug-likeness (QED) is 0.583. The number of rotatable bonds is 5. The smallest absolute Gasteiger partial charge is 0.271 e. The zero-order valence-electron chi connectivity index (χ0n) is 14.1. The zero-order valence-corrected chi connectivity index (χ0v) is 15.6. The van der Waals surface area contributed by atoms with E-state index in [2.05, 4.69) is 15.8 Å². The number of nitrogens with one attached hydrogen (secondary N) is 2. The van der Waals surface area contributed by atoms with E-state index in [1.807, 2.05) is 24.3 Å². The van der Waals surface area contributed by atoms with Gasteiger partial charge in [0.25, 0.3) is 5.91 Å². The molecule has 0 heterocycles. The van der Waals surface area contributed by atoms with Crippen molar-refractivity contribution >= 4 is 46.4 Å². The average molecular weight is 390 g/mol. The molecule has 0 aromatic heterocycles. The van der Waals surface area contributed by atoms with Gasteiger partial charge in [0.05, 0.1) is 15.8 Å². The average Bonchev–Trinajstić information content (AvgIpc) is 3.47. The van der Waals surface area contributed by atoms with Crippen molar-refractivity contribution in [3.8, 4) is 0 Å². The highest BCUT2D eigenvalue weighted by molar-refractivity contribution is 6.42. The summed E-state index contributed by atoms with van der Waals surface area (Å²) in [6.07, 6.45) is 1.93. The van der Waals surface area contributed by atoms with E-state index >= 15 is 0 Å². The number of benzene rings is 2. The number of amides is 2. The number of carbonyl (C=O) groups excluding carboxylic acids is 2. The molecule has 2 N–H and O–H groups in total. The van der Waals surface area contributed by atoms with Gasteiger partial charge in [-0.1, -0.05) is 35.3 Å². The van der Waals surface area contributed by atoms with Gasteiger partial charge in [-0.05, 0) is 55.7 Å². The van der Waals surface area contributed by atoms with Crippen LogP contribution in [0.4, 0.5) is 5.69 Å². The molecule has 2 aromatic carbocycles. The largest absolute Gasteiger partial charge is 0.326 e.